The third kappa shape index (κ3) is 4.91. The van der Waals surface area contributed by atoms with E-state index in [2.05, 4.69) is 10.2 Å². The summed E-state index contributed by atoms with van der Waals surface area (Å²) in [5.74, 6) is 0.126. The zero-order chi connectivity index (χ0) is 19.9. The van der Waals surface area contributed by atoms with Crippen LogP contribution in [0.3, 0.4) is 0 Å². The number of carbonyl (C=O) groups excluding carboxylic acids is 2. The number of carbonyl (C=O) groups is 2. The lowest BCUT2D eigenvalue weighted by Gasteiger charge is -2.35. The number of anilines is 1. The summed E-state index contributed by atoms with van der Waals surface area (Å²) < 4.78 is 0. The molecule has 2 amide bonds. The van der Waals surface area contributed by atoms with Gasteiger partial charge in [-0.25, -0.2) is 0 Å². The monoisotopic (exact) mass is 379 g/mol. The van der Waals surface area contributed by atoms with Crippen molar-refractivity contribution in [3.05, 3.63) is 65.7 Å². The minimum atomic E-state index is 0.0522. The molecule has 0 bridgehead atoms. The maximum absolute atomic E-state index is 12.7. The number of piperidine rings is 1. The lowest BCUT2D eigenvalue weighted by molar-refractivity contribution is -0.121. The molecule has 1 fully saturated rings. The van der Waals surface area contributed by atoms with Gasteiger partial charge in [0.2, 0.25) is 5.91 Å². The van der Waals surface area contributed by atoms with E-state index in [1.54, 1.807) is 4.90 Å². The fourth-order valence-corrected chi connectivity index (χ4v) is 3.60. The van der Waals surface area contributed by atoms with Gasteiger partial charge in [0.05, 0.1) is 12.0 Å². The first-order chi connectivity index (χ1) is 13.6. The van der Waals surface area contributed by atoms with Gasteiger partial charge in [0.15, 0.2) is 0 Å². The van der Waals surface area contributed by atoms with Crippen LogP contribution in [0, 0.1) is 0 Å². The predicted octanol–water partition coefficient (Wildman–Crippen LogP) is 3.11. The number of hydrogen-bond acceptors (Lipinski definition) is 3. The van der Waals surface area contributed by atoms with Gasteiger partial charge in [0.25, 0.3) is 5.91 Å². The smallest absolute Gasteiger partial charge is 0.255 e. The van der Waals surface area contributed by atoms with Crippen molar-refractivity contribution in [3.63, 3.8) is 0 Å². The van der Waals surface area contributed by atoms with Gasteiger partial charge in [-0.2, -0.15) is 0 Å². The number of benzene rings is 2. The van der Waals surface area contributed by atoms with Crippen molar-refractivity contribution < 1.29 is 9.59 Å². The van der Waals surface area contributed by atoms with Crippen molar-refractivity contribution in [1.29, 1.82) is 0 Å². The van der Waals surface area contributed by atoms with Crippen LogP contribution in [0.1, 0.15) is 35.7 Å². The molecule has 1 aliphatic heterocycles. The van der Waals surface area contributed by atoms with Crippen LogP contribution in [0.5, 0.6) is 0 Å². The van der Waals surface area contributed by atoms with Crippen LogP contribution in [0.2, 0.25) is 0 Å². The van der Waals surface area contributed by atoms with Gasteiger partial charge in [-0.05, 0) is 37.5 Å². The molecule has 0 radical (unpaired) electrons. The molecule has 0 aromatic heterocycles. The zero-order valence-corrected chi connectivity index (χ0v) is 16.7. The zero-order valence-electron chi connectivity index (χ0n) is 16.7. The quantitative estimate of drug-likeness (QED) is 0.839. The van der Waals surface area contributed by atoms with Crippen LogP contribution < -0.4 is 10.2 Å². The van der Waals surface area contributed by atoms with E-state index < -0.39 is 0 Å². The number of nitrogens with one attached hydrogen (secondary N) is 1. The molecule has 2 aromatic rings. The van der Waals surface area contributed by atoms with E-state index in [1.807, 2.05) is 68.6 Å². The van der Waals surface area contributed by atoms with Crippen molar-refractivity contribution in [2.45, 2.75) is 32.2 Å². The summed E-state index contributed by atoms with van der Waals surface area (Å²) in [6.07, 6.45) is 2.18. The highest BCUT2D eigenvalue weighted by Gasteiger charge is 2.24. The molecule has 0 saturated carbocycles. The molecule has 0 atom stereocenters. The molecule has 148 valence electrons. The third-order valence-electron chi connectivity index (χ3n) is 5.36. The Labute approximate surface area is 167 Å². The Balaban J connectivity index is 1.57. The third-order valence-corrected chi connectivity index (χ3v) is 5.36. The Morgan fingerprint density at radius 3 is 2.36 bits per heavy atom. The van der Waals surface area contributed by atoms with E-state index >= 15 is 0 Å². The molecule has 0 spiro atoms. The van der Waals surface area contributed by atoms with Gasteiger partial charge in [-0.3, -0.25) is 9.59 Å². The lowest BCUT2D eigenvalue weighted by atomic mass is 10.0. The van der Waals surface area contributed by atoms with E-state index in [0.29, 0.717) is 13.0 Å². The minimum Gasteiger partial charge on any atom is -0.371 e. The number of nitrogens with zero attached hydrogens (tertiary/aromatic N) is 2. The van der Waals surface area contributed by atoms with Crippen LogP contribution >= 0.6 is 0 Å². The highest BCUT2D eigenvalue weighted by Crippen LogP contribution is 2.25. The Kier molecular flexibility index (Phi) is 6.69. The van der Waals surface area contributed by atoms with Gasteiger partial charge >= 0.3 is 0 Å². The second kappa shape index (κ2) is 9.40. The van der Waals surface area contributed by atoms with Crippen molar-refractivity contribution >= 4 is 17.5 Å². The molecule has 0 aliphatic carbocycles. The molecular weight excluding hydrogens is 350 g/mol. The summed E-state index contributed by atoms with van der Waals surface area (Å²) in [4.78, 5) is 29.0. The van der Waals surface area contributed by atoms with Gasteiger partial charge in [0, 0.05) is 38.4 Å². The highest BCUT2D eigenvalue weighted by atomic mass is 16.2. The van der Waals surface area contributed by atoms with E-state index in [1.165, 1.54) is 0 Å². The Morgan fingerprint density at radius 1 is 1.04 bits per heavy atom. The van der Waals surface area contributed by atoms with E-state index in [-0.39, 0.29) is 17.9 Å². The number of rotatable bonds is 6. The maximum atomic E-state index is 12.7. The van der Waals surface area contributed by atoms with Crippen molar-refractivity contribution in [2.24, 2.45) is 0 Å². The largest absolute Gasteiger partial charge is 0.371 e. The topological polar surface area (TPSA) is 52.7 Å². The summed E-state index contributed by atoms with van der Waals surface area (Å²) in [6.45, 7) is 4.32. The average Bonchev–Trinajstić information content (AvgIpc) is 2.74. The molecule has 5 nitrogen and oxygen atoms in total. The first kappa shape index (κ1) is 19.9. The predicted molar refractivity (Wildman–Crippen MR) is 113 cm³/mol. The van der Waals surface area contributed by atoms with Gasteiger partial charge < -0.3 is 15.1 Å². The van der Waals surface area contributed by atoms with E-state index in [9.17, 15) is 9.59 Å². The fraction of sp³-hybridized carbons (Fsp3) is 0.391. The first-order valence-electron chi connectivity index (χ1n) is 10.0. The SMILES string of the molecule is CCN(C)C(=O)c1ccccc1N1CCC(NC(=O)Cc2ccccc2)CC1. The maximum Gasteiger partial charge on any atom is 0.255 e. The number of amides is 2. The second-order valence-corrected chi connectivity index (χ2v) is 7.33. The molecule has 5 heteroatoms. The van der Waals surface area contributed by atoms with Crippen molar-refractivity contribution in [1.82, 2.24) is 10.2 Å². The molecule has 3 rings (SSSR count). The normalized spacial score (nSPS) is 14.6. The fourth-order valence-electron chi connectivity index (χ4n) is 3.60. The second-order valence-electron chi connectivity index (χ2n) is 7.33. The van der Waals surface area contributed by atoms with Crippen molar-refractivity contribution in [3.8, 4) is 0 Å². The number of hydrogen-bond donors (Lipinski definition) is 1. The van der Waals surface area contributed by atoms with Gasteiger partial charge in [-0.15, -0.1) is 0 Å². The first-order valence-corrected chi connectivity index (χ1v) is 10.0. The van der Waals surface area contributed by atoms with Crippen LogP contribution in [0.25, 0.3) is 0 Å². The lowest BCUT2D eigenvalue weighted by Crippen LogP contribution is -2.45. The molecule has 0 unspecified atom stereocenters. The summed E-state index contributed by atoms with van der Waals surface area (Å²) in [6, 6.07) is 17.8. The summed E-state index contributed by atoms with van der Waals surface area (Å²) in [5, 5.41) is 3.16. The van der Waals surface area contributed by atoms with E-state index in [0.717, 1.165) is 42.7 Å². The number of para-hydroxylation sites is 1. The van der Waals surface area contributed by atoms with Gasteiger partial charge in [0.1, 0.15) is 0 Å². The van der Waals surface area contributed by atoms with E-state index in [4.69, 9.17) is 0 Å². The minimum absolute atomic E-state index is 0.0522. The molecule has 2 aromatic carbocycles. The van der Waals surface area contributed by atoms with Crippen LogP contribution in [0.4, 0.5) is 5.69 Å². The molecule has 28 heavy (non-hydrogen) atoms. The van der Waals surface area contributed by atoms with Crippen molar-refractivity contribution in [2.75, 3.05) is 31.6 Å². The van der Waals surface area contributed by atoms with Crippen LogP contribution in [0.15, 0.2) is 54.6 Å². The highest BCUT2D eigenvalue weighted by molar-refractivity contribution is 5.99. The summed E-state index contributed by atoms with van der Waals surface area (Å²) >= 11 is 0. The Bertz CT molecular complexity index is 799. The summed E-state index contributed by atoms with van der Waals surface area (Å²) in [5.41, 5.74) is 2.77. The van der Waals surface area contributed by atoms with Crippen LogP contribution in [-0.4, -0.2) is 49.4 Å². The standard InChI is InChI=1S/C23H29N3O2/c1-3-25(2)23(28)20-11-7-8-12-21(20)26-15-13-19(14-16-26)24-22(27)17-18-9-5-4-6-10-18/h4-12,19H,3,13-17H2,1-2H3,(H,24,27). The molecule has 1 heterocycles. The molecule has 1 aliphatic rings. The van der Waals surface area contributed by atoms with Gasteiger partial charge in [-0.1, -0.05) is 42.5 Å². The average molecular weight is 380 g/mol. The Morgan fingerprint density at radius 2 is 1.68 bits per heavy atom. The summed E-state index contributed by atoms with van der Waals surface area (Å²) in [7, 11) is 1.83. The van der Waals surface area contributed by atoms with Crippen LogP contribution in [-0.2, 0) is 11.2 Å². The Hall–Kier alpha value is -2.82. The molecular formula is C23H29N3O2. The molecule has 1 N–H and O–H groups in total. The molecule has 1 saturated heterocycles.